The summed E-state index contributed by atoms with van der Waals surface area (Å²) in [5.74, 6) is 0. The summed E-state index contributed by atoms with van der Waals surface area (Å²) in [7, 11) is 0. The van der Waals surface area contributed by atoms with Gasteiger partial charge in [-0.05, 0) is 69.6 Å². The summed E-state index contributed by atoms with van der Waals surface area (Å²) in [4.78, 5) is 14.7. The minimum absolute atomic E-state index is 0.387. The largest absolute Gasteiger partial charge is 0.362 e. The second-order valence-electron chi connectivity index (χ2n) is 7.16. The van der Waals surface area contributed by atoms with Crippen molar-refractivity contribution >= 4 is 17.1 Å². The molecule has 0 aromatic rings. The fourth-order valence-corrected chi connectivity index (χ4v) is 4.22. The summed E-state index contributed by atoms with van der Waals surface area (Å²) in [5.41, 5.74) is 7.53. The number of fused-ring (bicyclic) bond motifs is 6. The fraction of sp³-hybridized carbons (Fsp3) is 0.526. The zero-order chi connectivity index (χ0) is 15.2. The number of allylic oxidation sites excluding steroid dienone is 6. The molecule has 0 amide bonds. The molecule has 0 aromatic heterocycles. The van der Waals surface area contributed by atoms with E-state index in [-0.39, 0.29) is 0 Å². The van der Waals surface area contributed by atoms with Crippen LogP contribution in [0.2, 0.25) is 0 Å². The number of hydrogen-bond donors (Lipinski definition) is 1. The Bertz CT molecular complexity index is 732. The summed E-state index contributed by atoms with van der Waals surface area (Å²) < 4.78 is 0. The monoisotopic (exact) mass is 306 g/mol. The molecule has 0 spiro atoms. The van der Waals surface area contributed by atoms with Crippen molar-refractivity contribution in [3.63, 3.8) is 0 Å². The summed E-state index contributed by atoms with van der Waals surface area (Å²) in [6, 6.07) is 0.778. The Labute approximate surface area is 136 Å². The van der Waals surface area contributed by atoms with Crippen LogP contribution in [0.3, 0.4) is 0 Å². The lowest BCUT2D eigenvalue weighted by molar-refractivity contribution is 0.527. The van der Waals surface area contributed by atoms with Crippen LogP contribution in [0, 0.1) is 0 Å². The SMILES string of the molecule is C1=C2CC/C(=C/C3=NC(=C\C4=NC(CC4)C4CCC1=N4)/CC3)N2. The first-order chi connectivity index (χ1) is 11.3. The van der Waals surface area contributed by atoms with E-state index in [9.17, 15) is 0 Å². The number of rotatable bonds is 0. The standard InChI is InChI=1S/C19H22N4/c1-3-14-10-16-5-7-18(22-16)19-8-6-17(23-19)11-15-4-2-13(21-15)9-12(1)20-14/h9-11,18-20H,1-8H2/b12-9-,14-10?,15-11-. The van der Waals surface area contributed by atoms with Gasteiger partial charge in [-0.15, -0.1) is 0 Å². The van der Waals surface area contributed by atoms with Crippen molar-refractivity contribution in [3.8, 4) is 0 Å². The molecular weight excluding hydrogens is 284 g/mol. The van der Waals surface area contributed by atoms with Gasteiger partial charge in [0.1, 0.15) is 0 Å². The molecule has 4 heteroatoms. The van der Waals surface area contributed by atoms with Crippen LogP contribution in [0.1, 0.15) is 51.4 Å². The van der Waals surface area contributed by atoms with Crippen molar-refractivity contribution < 1.29 is 0 Å². The minimum atomic E-state index is 0.387. The highest BCUT2D eigenvalue weighted by atomic mass is 15.0. The Morgan fingerprint density at radius 1 is 0.696 bits per heavy atom. The predicted molar refractivity (Wildman–Crippen MR) is 94.2 cm³/mol. The summed E-state index contributed by atoms with van der Waals surface area (Å²) in [5, 5.41) is 3.57. The molecule has 5 rings (SSSR count). The summed E-state index contributed by atoms with van der Waals surface area (Å²) in [6.45, 7) is 0. The lowest BCUT2D eigenvalue weighted by Gasteiger charge is -2.11. The highest BCUT2D eigenvalue weighted by molar-refractivity contribution is 6.01. The van der Waals surface area contributed by atoms with Crippen LogP contribution in [0.4, 0.5) is 0 Å². The van der Waals surface area contributed by atoms with Gasteiger partial charge in [-0.3, -0.25) is 15.0 Å². The average Bonchev–Trinajstić information content (AvgIpc) is 3.28. The second-order valence-corrected chi connectivity index (χ2v) is 7.16. The van der Waals surface area contributed by atoms with Gasteiger partial charge in [0.2, 0.25) is 0 Å². The quantitative estimate of drug-likeness (QED) is 0.732. The molecule has 8 bridgehead atoms. The van der Waals surface area contributed by atoms with Gasteiger partial charge in [-0.2, -0.15) is 0 Å². The van der Waals surface area contributed by atoms with Crippen molar-refractivity contribution in [1.82, 2.24) is 5.32 Å². The Hall–Kier alpha value is -1.97. The highest BCUT2D eigenvalue weighted by Gasteiger charge is 2.29. The topological polar surface area (TPSA) is 49.1 Å². The van der Waals surface area contributed by atoms with Gasteiger partial charge in [0.15, 0.2) is 0 Å². The molecule has 5 aliphatic heterocycles. The highest BCUT2D eigenvalue weighted by Crippen LogP contribution is 2.30. The lowest BCUT2D eigenvalue weighted by atomic mass is 10.0. The number of nitrogens with zero attached hydrogens (tertiary/aromatic N) is 3. The predicted octanol–water partition coefficient (Wildman–Crippen LogP) is 3.48. The molecule has 2 unspecified atom stereocenters. The number of hydrogen-bond acceptors (Lipinski definition) is 4. The molecular formula is C19H22N4. The van der Waals surface area contributed by atoms with Gasteiger partial charge in [0.25, 0.3) is 0 Å². The molecule has 0 aliphatic carbocycles. The van der Waals surface area contributed by atoms with Crippen LogP contribution < -0.4 is 5.32 Å². The van der Waals surface area contributed by atoms with Crippen molar-refractivity contribution in [2.45, 2.75) is 63.5 Å². The Balaban J connectivity index is 1.55. The molecule has 0 saturated carbocycles. The zero-order valence-corrected chi connectivity index (χ0v) is 13.4. The van der Waals surface area contributed by atoms with E-state index in [2.05, 4.69) is 23.5 Å². The van der Waals surface area contributed by atoms with E-state index in [1.807, 2.05) is 0 Å². The van der Waals surface area contributed by atoms with E-state index in [0.717, 1.165) is 51.4 Å². The molecule has 2 atom stereocenters. The van der Waals surface area contributed by atoms with Crippen LogP contribution in [-0.2, 0) is 0 Å². The third kappa shape index (κ3) is 2.60. The van der Waals surface area contributed by atoms with Crippen LogP contribution >= 0.6 is 0 Å². The maximum Gasteiger partial charge on any atom is 0.0730 e. The lowest BCUT2D eigenvalue weighted by Crippen LogP contribution is -2.17. The normalized spacial score (nSPS) is 36.5. The molecule has 0 radical (unpaired) electrons. The fourth-order valence-electron chi connectivity index (χ4n) is 4.22. The van der Waals surface area contributed by atoms with Gasteiger partial charge in [-0.25, -0.2) is 0 Å². The third-order valence-corrected chi connectivity index (χ3v) is 5.42. The molecule has 5 heterocycles. The summed E-state index contributed by atoms with van der Waals surface area (Å²) >= 11 is 0. The minimum Gasteiger partial charge on any atom is -0.362 e. The van der Waals surface area contributed by atoms with Crippen LogP contribution in [0.25, 0.3) is 0 Å². The number of aliphatic imine (C=N–C) groups is 3. The van der Waals surface area contributed by atoms with E-state index in [1.54, 1.807) is 0 Å². The van der Waals surface area contributed by atoms with Crippen LogP contribution in [0.5, 0.6) is 0 Å². The Morgan fingerprint density at radius 2 is 1.35 bits per heavy atom. The smallest absolute Gasteiger partial charge is 0.0730 e. The van der Waals surface area contributed by atoms with Crippen LogP contribution in [-0.4, -0.2) is 29.2 Å². The maximum absolute atomic E-state index is 4.97. The molecule has 118 valence electrons. The molecule has 1 fully saturated rings. The first-order valence-electron chi connectivity index (χ1n) is 8.91. The Kier molecular flexibility index (Phi) is 3.10. The van der Waals surface area contributed by atoms with Gasteiger partial charge in [0, 0.05) is 34.2 Å². The zero-order valence-electron chi connectivity index (χ0n) is 13.4. The number of nitrogens with one attached hydrogen (secondary N) is 1. The van der Waals surface area contributed by atoms with Crippen molar-refractivity contribution in [1.29, 1.82) is 0 Å². The molecule has 4 nitrogen and oxygen atoms in total. The summed E-state index contributed by atoms with van der Waals surface area (Å²) in [6.07, 6.45) is 15.6. The van der Waals surface area contributed by atoms with Crippen molar-refractivity contribution in [3.05, 3.63) is 35.3 Å². The first kappa shape index (κ1) is 13.5. The maximum atomic E-state index is 4.97. The van der Waals surface area contributed by atoms with Crippen molar-refractivity contribution in [2.24, 2.45) is 15.0 Å². The average molecular weight is 306 g/mol. The molecule has 1 N–H and O–H groups in total. The third-order valence-electron chi connectivity index (χ3n) is 5.42. The van der Waals surface area contributed by atoms with Gasteiger partial charge in [0.05, 0.1) is 12.1 Å². The van der Waals surface area contributed by atoms with Crippen molar-refractivity contribution in [2.75, 3.05) is 0 Å². The first-order valence-corrected chi connectivity index (χ1v) is 8.91. The van der Waals surface area contributed by atoms with Gasteiger partial charge in [-0.1, -0.05) is 0 Å². The van der Waals surface area contributed by atoms with Crippen LogP contribution in [0.15, 0.2) is 50.3 Å². The van der Waals surface area contributed by atoms with E-state index >= 15 is 0 Å². The second kappa shape index (κ2) is 5.29. The molecule has 5 aliphatic rings. The van der Waals surface area contributed by atoms with Gasteiger partial charge < -0.3 is 5.32 Å². The van der Waals surface area contributed by atoms with E-state index in [0.29, 0.717) is 12.1 Å². The molecule has 0 aromatic carbocycles. The molecule has 1 saturated heterocycles. The van der Waals surface area contributed by atoms with E-state index in [4.69, 9.17) is 15.0 Å². The Morgan fingerprint density at radius 3 is 2.09 bits per heavy atom. The molecule has 23 heavy (non-hydrogen) atoms. The van der Waals surface area contributed by atoms with E-state index < -0.39 is 0 Å². The van der Waals surface area contributed by atoms with Gasteiger partial charge >= 0.3 is 0 Å². The van der Waals surface area contributed by atoms with E-state index in [1.165, 1.54) is 34.2 Å².